The third-order valence-corrected chi connectivity index (χ3v) is 15.0. The first-order chi connectivity index (χ1) is 35.8. The van der Waals surface area contributed by atoms with E-state index in [2.05, 4.69) is 221 Å². The molecule has 0 radical (unpaired) electrons. The van der Waals surface area contributed by atoms with E-state index < -0.39 is 11.9 Å². The minimum absolute atomic E-state index is 0.325. The summed E-state index contributed by atoms with van der Waals surface area (Å²) < 4.78 is 41.2. The lowest BCUT2D eigenvalue weighted by molar-refractivity contribution is -0.660. The largest absolute Gasteiger partial charge is 0.456 e. The minimum atomic E-state index is -0.793. The minimum Gasteiger partial charge on any atom is -0.456 e. The molecule has 10 heteroatoms. The molecule has 0 spiro atoms. The lowest BCUT2D eigenvalue weighted by Crippen LogP contribution is -2.33. The summed E-state index contributed by atoms with van der Waals surface area (Å²) in [6.45, 7) is 21.1. The fraction of sp³-hybridized carbons (Fsp3) is 0.231. The fourth-order valence-electron chi connectivity index (χ4n) is 10.5. The molecule has 0 fully saturated rings. The van der Waals surface area contributed by atoms with Crippen LogP contribution in [0.25, 0.3) is 71.8 Å². The zero-order chi connectivity index (χ0) is 53.6. The van der Waals surface area contributed by atoms with Crippen LogP contribution in [0, 0.1) is 74.2 Å². The standard InChI is InChI=1S/C18H18N2O.C17H15N2.C17H22N.C13H13F2N2/c1-12-10-15-14-6-4-5-7-17(14)21-18(15)11-16(12)20-9-8-19(3)13(20)2;1-12-6-5-8-14-13-7-3-4-9-15(13)19-11-10-18(2)17(19)16(12)14;1-11-7-8-18(6)16(9-11)17-13(3)10-12(2)14(4)15(17)5;1-8-4-5-17(3)10(6-8)12-9(2)7-11(14)16-13(12)15/h4-11,13H,1-3H3;3-11H,1-2H3;7-10H,1-6H3;4-7H,1-3H3/q;3*+1. The van der Waals surface area contributed by atoms with Crippen molar-refractivity contribution < 1.29 is 26.9 Å². The number of aryl methyl sites for hydroxylation is 10. The van der Waals surface area contributed by atoms with Crippen LogP contribution in [0.1, 0.15) is 57.0 Å². The summed E-state index contributed by atoms with van der Waals surface area (Å²) in [4.78, 5) is 7.71. The van der Waals surface area contributed by atoms with Crippen LogP contribution >= 0.6 is 0 Å². The summed E-state index contributed by atoms with van der Waals surface area (Å²) in [6.07, 6.45) is 12.8. The van der Waals surface area contributed by atoms with E-state index >= 15 is 0 Å². The molecule has 0 saturated heterocycles. The highest BCUT2D eigenvalue weighted by Crippen LogP contribution is 2.36. The number of anilines is 1. The van der Waals surface area contributed by atoms with E-state index in [1.165, 1.54) is 100 Å². The highest BCUT2D eigenvalue weighted by molar-refractivity contribution is 6.12. The second-order valence-electron chi connectivity index (χ2n) is 20.3. The Balaban J connectivity index is 0.000000123. The molecule has 0 bridgehead atoms. The predicted octanol–water partition coefficient (Wildman–Crippen LogP) is 14.0. The van der Waals surface area contributed by atoms with Crippen LogP contribution in [-0.4, -0.2) is 27.5 Å². The Labute approximate surface area is 439 Å². The van der Waals surface area contributed by atoms with E-state index in [1.54, 1.807) is 11.5 Å². The maximum Gasteiger partial charge on any atom is 0.294 e. The van der Waals surface area contributed by atoms with Gasteiger partial charge in [-0.1, -0.05) is 60.7 Å². The average molecular weight is 1000 g/mol. The molecular formula is C65H68F2N7O+3. The Bertz CT molecular complexity index is 3990. The maximum atomic E-state index is 13.7. The molecule has 1 aliphatic rings. The molecular weight excluding hydrogens is 933 g/mol. The first kappa shape index (κ1) is 51.7. The topological polar surface area (TPSA) is 48.6 Å². The highest BCUT2D eigenvalue weighted by atomic mass is 19.1. The van der Waals surface area contributed by atoms with Crippen LogP contribution in [-0.2, 0) is 21.1 Å². The number of imidazole rings is 1. The van der Waals surface area contributed by atoms with Gasteiger partial charge in [0, 0.05) is 77.0 Å². The molecule has 0 aliphatic carbocycles. The Hall–Kier alpha value is -8.24. The number of aromatic nitrogens is 5. The van der Waals surface area contributed by atoms with Gasteiger partial charge < -0.3 is 14.2 Å². The summed E-state index contributed by atoms with van der Waals surface area (Å²) >= 11 is 0. The van der Waals surface area contributed by atoms with Crippen molar-refractivity contribution in [1.29, 1.82) is 0 Å². The lowest BCUT2D eigenvalue weighted by Gasteiger charge is -2.28. The Morgan fingerprint density at radius 2 is 1.16 bits per heavy atom. The Morgan fingerprint density at radius 1 is 0.533 bits per heavy atom. The lowest BCUT2D eigenvalue weighted by atomic mass is 9.92. The van der Waals surface area contributed by atoms with Crippen molar-refractivity contribution >= 4 is 54.9 Å². The third-order valence-electron chi connectivity index (χ3n) is 15.0. The molecule has 11 aromatic rings. The van der Waals surface area contributed by atoms with Gasteiger partial charge in [-0.15, -0.1) is 0 Å². The number of rotatable bonds is 3. The van der Waals surface area contributed by atoms with E-state index in [4.69, 9.17) is 4.42 Å². The van der Waals surface area contributed by atoms with Gasteiger partial charge in [0.15, 0.2) is 12.4 Å². The van der Waals surface area contributed by atoms with E-state index in [9.17, 15) is 8.78 Å². The molecule has 8 nitrogen and oxygen atoms in total. The molecule has 0 N–H and O–H groups in total. The average Bonchev–Trinajstić information content (AvgIpc) is 4.07. The summed E-state index contributed by atoms with van der Waals surface area (Å²) in [7, 11) is 8.13. The zero-order valence-electron chi connectivity index (χ0n) is 45.8. The van der Waals surface area contributed by atoms with Crippen molar-refractivity contribution in [3.05, 3.63) is 214 Å². The summed E-state index contributed by atoms with van der Waals surface area (Å²) in [5.74, 6) is -1.57. The number of furan rings is 1. The molecule has 12 rings (SSSR count). The van der Waals surface area contributed by atoms with Crippen LogP contribution in [0.15, 0.2) is 157 Å². The van der Waals surface area contributed by atoms with Crippen LogP contribution < -0.4 is 18.6 Å². The van der Waals surface area contributed by atoms with Crippen molar-refractivity contribution in [2.45, 2.75) is 75.4 Å². The number of hydrogen-bond donors (Lipinski definition) is 0. The first-order valence-corrected chi connectivity index (χ1v) is 25.5. The molecule has 5 aromatic carbocycles. The molecule has 0 saturated carbocycles. The smallest absolute Gasteiger partial charge is 0.294 e. The highest BCUT2D eigenvalue weighted by Gasteiger charge is 2.24. The predicted molar refractivity (Wildman–Crippen MR) is 303 cm³/mol. The van der Waals surface area contributed by atoms with Gasteiger partial charge in [0.2, 0.25) is 23.3 Å². The van der Waals surface area contributed by atoms with Crippen molar-refractivity contribution in [3.8, 4) is 22.5 Å². The normalized spacial score (nSPS) is 13.1. The van der Waals surface area contributed by atoms with Crippen molar-refractivity contribution in [1.82, 2.24) is 14.3 Å². The summed E-state index contributed by atoms with van der Waals surface area (Å²) in [5.41, 5.74) is 20.3. The number of para-hydroxylation sites is 2. The summed E-state index contributed by atoms with van der Waals surface area (Å²) in [6, 6.07) is 39.5. The number of pyridine rings is 4. The van der Waals surface area contributed by atoms with E-state index in [0.717, 1.165) is 16.7 Å². The van der Waals surface area contributed by atoms with E-state index in [1.807, 2.05) is 44.4 Å². The molecule has 380 valence electrons. The number of hydrogen-bond acceptors (Lipinski definition) is 4. The molecule has 1 unspecified atom stereocenters. The van der Waals surface area contributed by atoms with Gasteiger partial charge in [-0.2, -0.15) is 18.2 Å². The number of halogens is 2. The van der Waals surface area contributed by atoms with Crippen LogP contribution in [0.5, 0.6) is 0 Å². The SMILES string of the molecule is Cc1cc2c(cc1N1C=CN(C)C1C)oc1ccccc12.Cc1cc[n+](C)c(-c2c(C)cc(C)c(C)c2C)c1.Cc1cc[n+](C)c(-c2c(C)cc(F)nc2F)c1.Cc1cccc2c3ccccc3n3cc[n+](C)c3c12. The molecule has 1 atom stereocenters. The van der Waals surface area contributed by atoms with E-state index in [0.29, 0.717) is 23.0 Å². The van der Waals surface area contributed by atoms with Gasteiger partial charge in [0.05, 0.1) is 18.0 Å². The summed E-state index contributed by atoms with van der Waals surface area (Å²) in [5, 5.41) is 6.36. The molecule has 0 amide bonds. The van der Waals surface area contributed by atoms with Crippen LogP contribution in [0.3, 0.4) is 0 Å². The number of benzene rings is 5. The molecule has 7 heterocycles. The van der Waals surface area contributed by atoms with Gasteiger partial charge in [-0.05, 0) is 144 Å². The monoisotopic (exact) mass is 1000 g/mol. The van der Waals surface area contributed by atoms with Crippen molar-refractivity contribution in [3.63, 3.8) is 0 Å². The molecule has 1 aliphatic heterocycles. The second-order valence-corrected chi connectivity index (χ2v) is 20.3. The first-order valence-electron chi connectivity index (χ1n) is 25.5. The fourth-order valence-corrected chi connectivity index (χ4v) is 10.5. The Kier molecular flexibility index (Phi) is 14.4. The molecule has 75 heavy (non-hydrogen) atoms. The van der Waals surface area contributed by atoms with Gasteiger partial charge in [0.1, 0.15) is 54.9 Å². The number of nitrogens with zero attached hydrogens (tertiary/aromatic N) is 7. The Morgan fingerprint density at radius 3 is 1.83 bits per heavy atom. The van der Waals surface area contributed by atoms with Gasteiger partial charge in [-0.3, -0.25) is 0 Å². The van der Waals surface area contributed by atoms with Crippen LogP contribution in [0.4, 0.5) is 14.5 Å². The van der Waals surface area contributed by atoms with E-state index in [-0.39, 0.29) is 0 Å². The zero-order valence-corrected chi connectivity index (χ0v) is 45.8. The quantitative estimate of drug-likeness (QED) is 0.101. The maximum absolute atomic E-state index is 13.7. The third kappa shape index (κ3) is 9.97. The van der Waals surface area contributed by atoms with Crippen molar-refractivity contribution in [2.24, 2.45) is 21.1 Å². The van der Waals surface area contributed by atoms with Crippen LogP contribution in [0.2, 0.25) is 0 Å². The van der Waals surface area contributed by atoms with Crippen molar-refractivity contribution in [2.75, 3.05) is 11.9 Å². The molecule has 6 aromatic heterocycles. The van der Waals surface area contributed by atoms with Gasteiger partial charge in [-0.25, -0.2) is 13.7 Å². The number of fused-ring (bicyclic) bond motifs is 9. The van der Waals surface area contributed by atoms with Gasteiger partial charge >= 0.3 is 0 Å². The van der Waals surface area contributed by atoms with Gasteiger partial charge in [0.25, 0.3) is 5.65 Å². The second kappa shape index (κ2) is 20.9.